The predicted octanol–water partition coefficient (Wildman–Crippen LogP) is 2.12. The first-order valence-electron chi connectivity index (χ1n) is 10.2. The van der Waals surface area contributed by atoms with Crippen LogP contribution < -0.4 is 10.2 Å². The predicted molar refractivity (Wildman–Crippen MR) is 113 cm³/mol. The van der Waals surface area contributed by atoms with Gasteiger partial charge in [-0.05, 0) is 45.2 Å². The molecule has 1 heterocycles. The lowest BCUT2D eigenvalue weighted by molar-refractivity contribution is -0.133. The van der Waals surface area contributed by atoms with Crippen molar-refractivity contribution in [1.82, 2.24) is 9.62 Å². The number of hydrogen-bond acceptors (Lipinski definition) is 4. The fourth-order valence-corrected chi connectivity index (χ4v) is 5.25. The van der Waals surface area contributed by atoms with Crippen LogP contribution in [0.25, 0.3) is 0 Å². The maximum atomic E-state index is 13.4. The van der Waals surface area contributed by atoms with Crippen LogP contribution in [0.15, 0.2) is 18.2 Å². The lowest BCUT2D eigenvalue weighted by Crippen LogP contribution is -2.70. The highest BCUT2D eigenvalue weighted by molar-refractivity contribution is 7.88. The second-order valence-electron chi connectivity index (χ2n) is 8.63. The molecule has 2 fully saturated rings. The Morgan fingerprint density at radius 2 is 1.83 bits per heavy atom. The van der Waals surface area contributed by atoms with E-state index in [-0.39, 0.29) is 25.0 Å². The molecule has 1 aliphatic heterocycles. The minimum Gasteiger partial charge on any atom is -0.351 e. The van der Waals surface area contributed by atoms with E-state index in [4.69, 9.17) is 0 Å². The Morgan fingerprint density at radius 3 is 2.41 bits per heavy atom. The monoisotopic (exact) mass is 421 g/mol. The second-order valence-corrected chi connectivity index (χ2v) is 10.6. The highest BCUT2D eigenvalue weighted by Gasteiger charge is 2.50. The number of sulfonamides is 1. The zero-order valence-electron chi connectivity index (χ0n) is 17.7. The zero-order valence-corrected chi connectivity index (χ0v) is 18.5. The van der Waals surface area contributed by atoms with Gasteiger partial charge in [0, 0.05) is 18.3 Å². The largest absolute Gasteiger partial charge is 0.351 e. The summed E-state index contributed by atoms with van der Waals surface area (Å²) in [5.41, 5.74) is 1.26. The van der Waals surface area contributed by atoms with Crippen molar-refractivity contribution in [2.75, 3.05) is 24.2 Å². The van der Waals surface area contributed by atoms with Gasteiger partial charge in [0.05, 0.1) is 12.8 Å². The first kappa shape index (κ1) is 21.8. The number of nitrogens with zero attached hydrogens (tertiary/aromatic N) is 2. The van der Waals surface area contributed by atoms with Crippen molar-refractivity contribution in [1.29, 1.82) is 0 Å². The van der Waals surface area contributed by atoms with Crippen molar-refractivity contribution >= 4 is 27.5 Å². The maximum Gasteiger partial charge on any atom is 0.247 e. The average molecular weight is 422 g/mol. The fourth-order valence-electron chi connectivity index (χ4n) is 4.42. The zero-order chi connectivity index (χ0) is 21.4. The van der Waals surface area contributed by atoms with Crippen LogP contribution in [0.5, 0.6) is 0 Å². The molecular formula is C21H31N3O4S. The quantitative estimate of drug-likeness (QED) is 0.807. The third kappa shape index (κ3) is 4.48. The van der Waals surface area contributed by atoms with Gasteiger partial charge >= 0.3 is 0 Å². The van der Waals surface area contributed by atoms with E-state index in [1.807, 2.05) is 32.0 Å². The molecule has 1 atom stereocenters. The van der Waals surface area contributed by atoms with Crippen LogP contribution in [0, 0.1) is 13.8 Å². The summed E-state index contributed by atoms with van der Waals surface area (Å²) in [6, 6.07) is 5.77. The van der Waals surface area contributed by atoms with Gasteiger partial charge in [0.2, 0.25) is 21.8 Å². The molecular weight excluding hydrogens is 390 g/mol. The number of nitrogens with one attached hydrogen (secondary N) is 1. The first-order valence-corrected chi connectivity index (χ1v) is 12.0. The summed E-state index contributed by atoms with van der Waals surface area (Å²) >= 11 is 0. The summed E-state index contributed by atoms with van der Waals surface area (Å²) in [6.45, 7) is 5.20. The van der Waals surface area contributed by atoms with Crippen molar-refractivity contribution in [3.05, 3.63) is 29.3 Å². The highest BCUT2D eigenvalue weighted by Crippen LogP contribution is 2.33. The van der Waals surface area contributed by atoms with E-state index in [9.17, 15) is 18.0 Å². The molecule has 1 aliphatic carbocycles. The molecule has 0 spiro atoms. The summed E-state index contributed by atoms with van der Waals surface area (Å²) in [5.74, 6) is -0.694. The molecule has 0 unspecified atom stereocenters. The van der Waals surface area contributed by atoms with Gasteiger partial charge in [0.25, 0.3) is 0 Å². The second kappa shape index (κ2) is 8.07. The molecule has 1 saturated carbocycles. The van der Waals surface area contributed by atoms with Gasteiger partial charge in [-0.25, -0.2) is 8.42 Å². The molecule has 0 aromatic heterocycles. The van der Waals surface area contributed by atoms with Gasteiger partial charge in [0.15, 0.2) is 0 Å². The smallest absolute Gasteiger partial charge is 0.247 e. The molecule has 29 heavy (non-hydrogen) atoms. The molecule has 1 aromatic rings. The van der Waals surface area contributed by atoms with E-state index in [0.717, 1.165) is 47.4 Å². The number of piperazine rings is 1. The Bertz CT molecular complexity index is 909. The van der Waals surface area contributed by atoms with Crippen LogP contribution in [-0.4, -0.2) is 55.5 Å². The number of anilines is 1. The molecule has 3 rings (SSSR count). The van der Waals surface area contributed by atoms with Gasteiger partial charge < -0.3 is 5.32 Å². The van der Waals surface area contributed by atoms with Crippen molar-refractivity contribution in [3.63, 3.8) is 0 Å². The fraction of sp³-hybridized carbons (Fsp3) is 0.619. The van der Waals surface area contributed by atoms with Gasteiger partial charge in [-0.3, -0.25) is 14.5 Å². The number of amides is 2. The number of benzene rings is 1. The van der Waals surface area contributed by atoms with Gasteiger partial charge in [-0.2, -0.15) is 4.31 Å². The summed E-state index contributed by atoms with van der Waals surface area (Å²) in [5, 5.41) is 3.10. The molecule has 0 radical (unpaired) electrons. The number of rotatable bonds is 4. The number of aryl methyl sites for hydroxylation is 2. The first-order chi connectivity index (χ1) is 13.5. The van der Waals surface area contributed by atoms with Gasteiger partial charge in [-0.1, -0.05) is 37.0 Å². The van der Waals surface area contributed by atoms with E-state index in [1.165, 1.54) is 11.3 Å². The Kier molecular flexibility index (Phi) is 6.06. The number of carbonyl (C=O) groups excluding carboxylic acids is 2. The Labute approximate surface area is 173 Å². The van der Waals surface area contributed by atoms with E-state index >= 15 is 0 Å². The lowest BCUT2D eigenvalue weighted by Gasteiger charge is -2.47. The molecule has 1 aromatic carbocycles. The van der Waals surface area contributed by atoms with Gasteiger partial charge in [-0.15, -0.1) is 0 Å². The van der Waals surface area contributed by atoms with Crippen LogP contribution in [0.1, 0.15) is 50.2 Å². The van der Waals surface area contributed by atoms with Crippen LogP contribution in [0.2, 0.25) is 0 Å². The van der Waals surface area contributed by atoms with Crippen LogP contribution in [0.4, 0.5) is 5.69 Å². The minimum absolute atomic E-state index is 0.0660. The molecule has 0 bridgehead atoms. The molecule has 1 saturated heterocycles. The third-order valence-corrected chi connectivity index (χ3v) is 7.23. The van der Waals surface area contributed by atoms with Crippen LogP contribution in [0.3, 0.4) is 0 Å². The number of hydrogen-bond donors (Lipinski definition) is 1. The summed E-state index contributed by atoms with van der Waals surface area (Å²) < 4.78 is 25.5. The van der Waals surface area contributed by atoms with Crippen molar-refractivity contribution in [2.45, 2.75) is 64.5 Å². The van der Waals surface area contributed by atoms with E-state index in [0.29, 0.717) is 5.69 Å². The normalized spacial score (nSPS) is 24.6. The SMILES string of the molecule is Cc1ccc(N2C(=O)CN(S(C)(=O)=O)C[C@]2(C)C(=O)NC2CCCCC2)c(C)c1. The van der Waals surface area contributed by atoms with E-state index in [1.54, 1.807) is 6.92 Å². The standard InChI is InChI=1S/C21H31N3O4S/c1-15-10-11-18(16(2)12-15)24-19(25)13-23(29(4,27)28)14-21(24,3)20(26)22-17-8-6-5-7-9-17/h10-12,17H,5-9,13-14H2,1-4H3,(H,22,26)/t21-/m1/s1. The lowest BCUT2D eigenvalue weighted by atomic mass is 9.90. The van der Waals surface area contributed by atoms with E-state index in [2.05, 4.69) is 5.32 Å². The van der Waals surface area contributed by atoms with Crippen molar-refractivity contribution in [3.8, 4) is 0 Å². The molecule has 2 aliphatic rings. The third-order valence-electron chi connectivity index (χ3n) is 6.03. The molecule has 8 heteroatoms. The minimum atomic E-state index is -3.61. The molecule has 7 nitrogen and oxygen atoms in total. The molecule has 160 valence electrons. The Hall–Kier alpha value is -1.93. The number of carbonyl (C=O) groups is 2. The highest BCUT2D eigenvalue weighted by atomic mass is 32.2. The van der Waals surface area contributed by atoms with Crippen molar-refractivity contribution in [2.24, 2.45) is 0 Å². The van der Waals surface area contributed by atoms with Gasteiger partial charge in [0.1, 0.15) is 5.54 Å². The molecule has 2 amide bonds. The topological polar surface area (TPSA) is 86.8 Å². The van der Waals surface area contributed by atoms with E-state index < -0.39 is 21.5 Å². The Morgan fingerprint density at radius 1 is 1.17 bits per heavy atom. The molecule has 1 N–H and O–H groups in total. The summed E-state index contributed by atoms with van der Waals surface area (Å²) in [4.78, 5) is 28.1. The summed E-state index contributed by atoms with van der Waals surface area (Å²) in [6.07, 6.45) is 6.20. The van der Waals surface area contributed by atoms with Crippen molar-refractivity contribution < 1.29 is 18.0 Å². The summed E-state index contributed by atoms with van der Waals surface area (Å²) in [7, 11) is -3.61. The average Bonchev–Trinajstić information content (AvgIpc) is 2.63. The van der Waals surface area contributed by atoms with Crippen LogP contribution in [-0.2, 0) is 19.6 Å². The Balaban J connectivity index is 2.01. The van der Waals surface area contributed by atoms with Crippen LogP contribution >= 0.6 is 0 Å². The maximum absolute atomic E-state index is 13.4.